The van der Waals surface area contributed by atoms with E-state index < -0.39 is 15.6 Å². The fourth-order valence-electron chi connectivity index (χ4n) is 1.31. The van der Waals surface area contributed by atoms with Crippen LogP contribution in [0.25, 0.3) is 0 Å². The van der Waals surface area contributed by atoms with Gasteiger partial charge in [-0.2, -0.15) is 9.82 Å². The lowest BCUT2D eigenvalue weighted by Crippen LogP contribution is -2.54. The maximum Gasteiger partial charge on any atom is 0.244 e. The number of aryl methyl sites for hydroxylation is 1. The summed E-state index contributed by atoms with van der Waals surface area (Å²) in [6.45, 7) is 3.26. The van der Waals surface area contributed by atoms with Gasteiger partial charge in [0.05, 0.1) is 11.7 Å². The SMILES string of the molecule is CCC(C)(NS(=O)(=O)c1cnn(C)c1)C(N)=NO. The number of nitrogens with one attached hydrogen (secondary N) is 1. The average Bonchev–Trinajstić information content (AvgIpc) is 2.74. The summed E-state index contributed by atoms with van der Waals surface area (Å²) in [4.78, 5) is 0.0235. The predicted octanol–water partition coefficient (Wildman–Crippen LogP) is -0.386. The molecule has 9 heteroatoms. The van der Waals surface area contributed by atoms with Crippen LogP contribution in [0.1, 0.15) is 20.3 Å². The van der Waals surface area contributed by atoms with Crippen molar-refractivity contribution in [2.24, 2.45) is 17.9 Å². The van der Waals surface area contributed by atoms with Crippen molar-refractivity contribution < 1.29 is 13.6 Å². The van der Waals surface area contributed by atoms with Gasteiger partial charge in [0.2, 0.25) is 10.0 Å². The Balaban J connectivity index is 3.09. The van der Waals surface area contributed by atoms with E-state index >= 15 is 0 Å². The van der Waals surface area contributed by atoms with E-state index in [4.69, 9.17) is 10.9 Å². The van der Waals surface area contributed by atoms with Crippen LogP contribution in [0.4, 0.5) is 0 Å². The van der Waals surface area contributed by atoms with Crippen LogP contribution < -0.4 is 10.5 Å². The Kier molecular flexibility index (Phi) is 3.97. The molecule has 8 nitrogen and oxygen atoms in total. The fourth-order valence-corrected chi connectivity index (χ4v) is 2.75. The zero-order chi connectivity index (χ0) is 14.0. The number of nitrogens with two attached hydrogens (primary N) is 1. The minimum atomic E-state index is -3.77. The normalized spacial score (nSPS) is 16.5. The highest BCUT2D eigenvalue weighted by Crippen LogP contribution is 2.15. The number of sulfonamides is 1. The van der Waals surface area contributed by atoms with Crippen molar-refractivity contribution in [1.29, 1.82) is 0 Å². The Morgan fingerprint density at radius 1 is 1.72 bits per heavy atom. The third-order valence-corrected chi connectivity index (χ3v) is 4.28. The Hall–Kier alpha value is -1.61. The third kappa shape index (κ3) is 2.79. The van der Waals surface area contributed by atoms with Gasteiger partial charge in [-0.3, -0.25) is 4.68 Å². The van der Waals surface area contributed by atoms with Gasteiger partial charge in [0.15, 0.2) is 5.84 Å². The molecule has 0 aliphatic heterocycles. The molecule has 0 radical (unpaired) electrons. The highest BCUT2D eigenvalue weighted by Gasteiger charge is 2.33. The molecule has 1 aromatic heterocycles. The minimum Gasteiger partial charge on any atom is -0.409 e. The first-order valence-corrected chi connectivity index (χ1v) is 6.74. The summed E-state index contributed by atoms with van der Waals surface area (Å²) in [5.74, 6) is -0.197. The van der Waals surface area contributed by atoms with E-state index in [0.29, 0.717) is 6.42 Å². The molecule has 1 rings (SSSR count). The predicted molar refractivity (Wildman–Crippen MR) is 65.6 cm³/mol. The topological polar surface area (TPSA) is 123 Å². The number of nitrogens with zero attached hydrogens (tertiary/aromatic N) is 3. The minimum absolute atomic E-state index is 0.0235. The number of aromatic nitrogens is 2. The van der Waals surface area contributed by atoms with Crippen molar-refractivity contribution in [3.63, 3.8) is 0 Å². The van der Waals surface area contributed by atoms with Gasteiger partial charge < -0.3 is 10.9 Å². The molecule has 0 aromatic carbocycles. The van der Waals surface area contributed by atoms with Crippen LogP contribution in [0.3, 0.4) is 0 Å². The lowest BCUT2D eigenvalue weighted by atomic mass is 10.00. The lowest BCUT2D eigenvalue weighted by molar-refractivity contribution is 0.310. The summed E-state index contributed by atoms with van der Waals surface area (Å²) >= 11 is 0. The van der Waals surface area contributed by atoms with Crippen LogP contribution in [-0.2, 0) is 17.1 Å². The average molecular weight is 275 g/mol. The smallest absolute Gasteiger partial charge is 0.244 e. The van der Waals surface area contributed by atoms with E-state index in [0.717, 1.165) is 0 Å². The molecule has 0 amide bonds. The summed E-state index contributed by atoms with van der Waals surface area (Å²) in [5.41, 5.74) is 4.36. The summed E-state index contributed by atoms with van der Waals surface area (Å²) in [5, 5.41) is 15.3. The van der Waals surface area contributed by atoms with Crippen molar-refractivity contribution in [2.75, 3.05) is 0 Å². The summed E-state index contributed by atoms with van der Waals surface area (Å²) in [6.07, 6.45) is 2.93. The van der Waals surface area contributed by atoms with Gasteiger partial charge in [-0.1, -0.05) is 12.1 Å². The van der Waals surface area contributed by atoms with E-state index in [1.54, 1.807) is 14.0 Å². The molecule has 0 aliphatic carbocycles. The maximum atomic E-state index is 12.1. The first kappa shape index (κ1) is 14.5. The number of oxime groups is 1. The Bertz CT molecular complexity index is 550. The summed E-state index contributed by atoms with van der Waals surface area (Å²) < 4.78 is 27.9. The molecule has 18 heavy (non-hydrogen) atoms. The van der Waals surface area contributed by atoms with Gasteiger partial charge in [-0.05, 0) is 13.3 Å². The van der Waals surface area contributed by atoms with Crippen LogP contribution in [0.2, 0.25) is 0 Å². The van der Waals surface area contributed by atoms with Crippen LogP contribution in [0.15, 0.2) is 22.4 Å². The Morgan fingerprint density at radius 2 is 2.33 bits per heavy atom. The second-order valence-corrected chi connectivity index (χ2v) is 5.81. The van der Waals surface area contributed by atoms with Gasteiger partial charge in [0.25, 0.3) is 0 Å². The van der Waals surface area contributed by atoms with Crippen molar-refractivity contribution in [3.05, 3.63) is 12.4 Å². The molecule has 1 heterocycles. The van der Waals surface area contributed by atoms with E-state index in [1.807, 2.05) is 0 Å². The van der Waals surface area contributed by atoms with Crippen molar-refractivity contribution in [1.82, 2.24) is 14.5 Å². The van der Waals surface area contributed by atoms with Gasteiger partial charge >= 0.3 is 0 Å². The molecule has 1 atom stereocenters. The quantitative estimate of drug-likeness (QED) is 0.292. The summed E-state index contributed by atoms with van der Waals surface area (Å²) in [7, 11) is -2.16. The lowest BCUT2D eigenvalue weighted by Gasteiger charge is -2.27. The van der Waals surface area contributed by atoms with Crippen molar-refractivity contribution >= 4 is 15.9 Å². The molecule has 1 aromatic rings. The molecule has 4 N–H and O–H groups in total. The molecular weight excluding hydrogens is 258 g/mol. The van der Waals surface area contributed by atoms with E-state index in [-0.39, 0.29) is 10.7 Å². The van der Waals surface area contributed by atoms with Crippen LogP contribution in [-0.4, -0.2) is 34.8 Å². The largest absolute Gasteiger partial charge is 0.409 e. The maximum absolute atomic E-state index is 12.1. The molecule has 0 saturated carbocycles. The first-order valence-electron chi connectivity index (χ1n) is 5.26. The van der Waals surface area contributed by atoms with E-state index in [2.05, 4.69) is 15.0 Å². The second kappa shape index (κ2) is 4.94. The van der Waals surface area contributed by atoms with Crippen LogP contribution >= 0.6 is 0 Å². The zero-order valence-electron chi connectivity index (χ0n) is 10.5. The standard InChI is InChI=1S/C9H17N5O3S/c1-4-9(2,8(10)12-15)13-18(16,17)7-5-11-14(3)6-7/h5-6,13,15H,4H2,1-3H3,(H2,10,12). The molecule has 0 aliphatic rings. The summed E-state index contributed by atoms with van der Waals surface area (Å²) in [6, 6.07) is 0. The molecule has 0 bridgehead atoms. The van der Waals surface area contributed by atoms with Crippen molar-refractivity contribution in [3.8, 4) is 0 Å². The second-order valence-electron chi connectivity index (χ2n) is 4.13. The van der Waals surface area contributed by atoms with E-state index in [9.17, 15) is 8.42 Å². The zero-order valence-corrected chi connectivity index (χ0v) is 11.3. The third-order valence-electron chi connectivity index (χ3n) is 2.73. The van der Waals surface area contributed by atoms with Crippen molar-refractivity contribution in [2.45, 2.75) is 30.7 Å². The number of hydrogen-bond donors (Lipinski definition) is 3. The number of hydrogen-bond acceptors (Lipinski definition) is 5. The van der Waals surface area contributed by atoms with Gasteiger partial charge in [-0.25, -0.2) is 8.42 Å². The number of rotatable bonds is 5. The van der Waals surface area contributed by atoms with Crippen LogP contribution in [0.5, 0.6) is 0 Å². The Morgan fingerprint density at radius 3 is 2.72 bits per heavy atom. The fraction of sp³-hybridized carbons (Fsp3) is 0.556. The molecule has 0 spiro atoms. The highest BCUT2D eigenvalue weighted by atomic mass is 32.2. The molecule has 102 valence electrons. The van der Waals surface area contributed by atoms with E-state index in [1.165, 1.54) is 24.0 Å². The Labute approximate surface area is 106 Å². The number of amidine groups is 1. The van der Waals surface area contributed by atoms with Gasteiger partial charge in [0, 0.05) is 13.2 Å². The monoisotopic (exact) mass is 275 g/mol. The van der Waals surface area contributed by atoms with Gasteiger partial charge in [0.1, 0.15) is 4.90 Å². The molecule has 0 fully saturated rings. The molecular formula is C9H17N5O3S. The molecule has 0 saturated heterocycles. The van der Waals surface area contributed by atoms with Crippen LogP contribution in [0, 0.1) is 0 Å². The molecule has 1 unspecified atom stereocenters. The first-order chi connectivity index (χ1) is 8.25. The van der Waals surface area contributed by atoms with Gasteiger partial charge in [-0.15, -0.1) is 0 Å². The highest BCUT2D eigenvalue weighted by molar-refractivity contribution is 7.89.